The highest BCUT2D eigenvalue weighted by atomic mass is 16.1. The van der Waals surface area contributed by atoms with Gasteiger partial charge in [-0.3, -0.25) is 9.69 Å². The number of hydrogen-bond acceptors (Lipinski definition) is 2. The summed E-state index contributed by atoms with van der Waals surface area (Å²) in [6.07, 6.45) is 5.94. The van der Waals surface area contributed by atoms with Crippen LogP contribution in [0, 0.1) is 12.8 Å². The first-order valence-corrected chi connectivity index (χ1v) is 10.8. The Bertz CT molecular complexity index is 939. The van der Waals surface area contributed by atoms with Gasteiger partial charge < -0.3 is 10.3 Å². The Labute approximate surface area is 173 Å². The number of aryl methyl sites for hydroxylation is 1. The van der Waals surface area contributed by atoms with Gasteiger partial charge in [-0.25, -0.2) is 0 Å². The summed E-state index contributed by atoms with van der Waals surface area (Å²) in [7, 11) is 0. The van der Waals surface area contributed by atoms with Gasteiger partial charge in [0.2, 0.25) is 5.91 Å². The van der Waals surface area contributed by atoms with Crippen molar-refractivity contribution >= 4 is 16.8 Å². The minimum Gasteiger partial charge on any atom is -0.361 e. The third-order valence-electron chi connectivity index (χ3n) is 6.10. The van der Waals surface area contributed by atoms with E-state index in [2.05, 4.69) is 70.7 Å². The molecular weight excluding hydrogens is 358 g/mol. The second kappa shape index (κ2) is 9.27. The lowest BCUT2D eigenvalue weighted by atomic mass is 9.93. The molecule has 3 aromatic rings. The van der Waals surface area contributed by atoms with Crippen molar-refractivity contribution in [2.24, 2.45) is 5.92 Å². The summed E-state index contributed by atoms with van der Waals surface area (Å²) < 4.78 is 0. The minimum atomic E-state index is 0.119. The molecule has 152 valence electrons. The van der Waals surface area contributed by atoms with Gasteiger partial charge in [0.15, 0.2) is 0 Å². The number of likely N-dealkylation sites (tertiary alicyclic amines) is 1. The minimum absolute atomic E-state index is 0.119. The van der Waals surface area contributed by atoms with Crippen LogP contribution in [0.1, 0.15) is 36.0 Å². The van der Waals surface area contributed by atoms with Crippen LogP contribution in [0.5, 0.6) is 0 Å². The van der Waals surface area contributed by atoms with E-state index in [0.717, 1.165) is 55.0 Å². The molecule has 1 fully saturated rings. The molecule has 4 heteroatoms. The molecule has 1 aliphatic rings. The SMILES string of the molecule is Cc1ccc2[nH]cc(CC(=O)NCCC3CCN(Cc4ccccc4)CC3)c2c1. The Morgan fingerprint density at radius 1 is 1.14 bits per heavy atom. The molecule has 0 saturated carbocycles. The molecule has 0 bridgehead atoms. The number of piperidine rings is 1. The van der Waals surface area contributed by atoms with E-state index in [-0.39, 0.29) is 5.91 Å². The second-order valence-corrected chi connectivity index (χ2v) is 8.38. The number of aromatic amines is 1. The number of aromatic nitrogens is 1. The predicted molar refractivity (Wildman–Crippen MR) is 119 cm³/mol. The van der Waals surface area contributed by atoms with E-state index in [1.807, 2.05) is 6.20 Å². The molecule has 0 unspecified atom stereocenters. The Balaban J connectivity index is 1.18. The molecule has 4 rings (SSSR count). The maximum atomic E-state index is 12.4. The van der Waals surface area contributed by atoms with E-state index in [1.165, 1.54) is 24.0 Å². The topological polar surface area (TPSA) is 48.1 Å². The average molecular weight is 390 g/mol. The van der Waals surface area contributed by atoms with E-state index in [1.54, 1.807) is 0 Å². The standard InChI is InChI=1S/C25H31N3O/c1-19-7-8-24-23(15-19)22(17-27-24)16-25(29)26-12-9-20-10-13-28(14-11-20)18-21-5-3-2-4-6-21/h2-8,15,17,20,27H,9-14,16,18H2,1H3,(H,26,29). The Hall–Kier alpha value is -2.59. The van der Waals surface area contributed by atoms with Crippen molar-refractivity contribution in [3.05, 3.63) is 71.4 Å². The molecular formula is C25H31N3O. The van der Waals surface area contributed by atoms with Crippen molar-refractivity contribution in [3.63, 3.8) is 0 Å². The maximum absolute atomic E-state index is 12.4. The zero-order chi connectivity index (χ0) is 20.1. The molecule has 4 nitrogen and oxygen atoms in total. The molecule has 1 saturated heterocycles. The van der Waals surface area contributed by atoms with Gasteiger partial charge in [0, 0.05) is 30.2 Å². The van der Waals surface area contributed by atoms with E-state index < -0.39 is 0 Å². The molecule has 0 atom stereocenters. The fourth-order valence-corrected chi connectivity index (χ4v) is 4.36. The van der Waals surface area contributed by atoms with E-state index >= 15 is 0 Å². The average Bonchev–Trinajstić information content (AvgIpc) is 3.12. The lowest BCUT2D eigenvalue weighted by Crippen LogP contribution is -2.35. The van der Waals surface area contributed by atoms with Gasteiger partial charge in [-0.1, -0.05) is 42.0 Å². The Morgan fingerprint density at radius 3 is 2.72 bits per heavy atom. The molecule has 1 aliphatic heterocycles. The van der Waals surface area contributed by atoms with E-state index in [0.29, 0.717) is 6.42 Å². The van der Waals surface area contributed by atoms with E-state index in [4.69, 9.17) is 0 Å². The second-order valence-electron chi connectivity index (χ2n) is 8.38. The summed E-state index contributed by atoms with van der Waals surface area (Å²) in [5, 5.41) is 4.29. The third-order valence-corrected chi connectivity index (χ3v) is 6.10. The van der Waals surface area contributed by atoms with Crippen molar-refractivity contribution in [3.8, 4) is 0 Å². The fraction of sp³-hybridized carbons (Fsp3) is 0.400. The molecule has 0 aliphatic carbocycles. The maximum Gasteiger partial charge on any atom is 0.224 e. The molecule has 29 heavy (non-hydrogen) atoms. The zero-order valence-corrected chi connectivity index (χ0v) is 17.3. The van der Waals surface area contributed by atoms with Gasteiger partial charge in [0.05, 0.1) is 6.42 Å². The highest BCUT2D eigenvalue weighted by Crippen LogP contribution is 2.22. The lowest BCUT2D eigenvalue weighted by Gasteiger charge is -2.32. The summed E-state index contributed by atoms with van der Waals surface area (Å²) in [6, 6.07) is 17.0. The monoisotopic (exact) mass is 389 g/mol. The summed E-state index contributed by atoms with van der Waals surface area (Å²) in [4.78, 5) is 18.2. The quantitative estimate of drug-likeness (QED) is 0.628. The predicted octanol–water partition coefficient (Wildman–Crippen LogP) is 4.44. The smallest absolute Gasteiger partial charge is 0.224 e. The van der Waals surface area contributed by atoms with E-state index in [9.17, 15) is 4.79 Å². The first-order chi connectivity index (χ1) is 14.2. The van der Waals surface area contributed by atoms with Crippen LogP contribution < -0.4 is 5.32 Å². The number of nitrogens with one attached hydrogen (secondary N) is 2. The number of nitrogens with zero attached hydrogens (tertiary/aromatic N) is 1. The highest BCUT2D eigenvalue weighted by Gasteiger charge is 2.19. The number of fused-ring (bicyclic) bond motifs is 1. The summed E-state index contributed by atoms with van der Waals surface area (Å²) in [5.41, 5.74) is 4.79. The number of rotatable bonds is 7. The number of carbonyl (C=O) groups is 1. The van der Waals surface area contributed by atoms with Crippen LogP contribution in [-0.4, -0.2) is 35.4 Å². The van der Waals surface area contributed by atoms with Crippen LogP contribution in [0.15, 0.2) is 54.7 Å². The van der Waals surface area contributed by atoms with Crippen LogP contribution >= 0.6 is 0 Å². The van der Waals surface area contributed by atoms with Gasteiger partial charge in [-0.15, -0.1) is 0 Å². The Kier molecular flexibility index (Phi) is 6.30. The van der Waals surface area contributed by atoms with Gasteiger partial charge in [0.25, 0.3) is 0 Å². The lowest BCUT2D eigenvalue weighted by molar-refractivity contribution is -0.120. The summed E-state index contributed by atoms with van der Waals surface area (Å²) in [6.45, 7) is 6.23. The summed E-state index contributed by atoms with van der Waals surface area (Å²) >= 11 is 0. The number of benzene rings is 2. The zero-order valence-electron chi connectivity index (χ0n) is 17.3. The fourth-order valence-electron chi connectivity index (χ4n) is 4.36. The van der Waals surface area contributed by atoms with Gasteiger partial charge >= 0.3 is 0 Å². The van der Waals surface area contributed by atoms with Gasteiger partial charge in [-0.05, 0) is 68.5 Å². The van der Waals surface area contributed by atoms with Crippen LogP contribution in [0.25, 0.3) is 10.9 Å². The molecule has 0 radical (unpaired) electrons. The van der Waals surface area contributed by atoms with Crippen LogP contribution in [-0.2, 0) is 17.8 Å². The number of amides is 1. The van der Waals surface area contributed by atoms with Gasteiger partial charge in [-0.2, -0.15) is 0 Å². The number of hydrogen-bond donors (Lipinski definition) is 2. The van der Waals surface area contributed by atoms with Crippen LogP contribution in [0.4, 0.5) is 0 Å². The molecule has 1 aromatic heterocycles. The Morgan fingerprint density at radius 2 is 1.93 bits per heavy atom. The van der Waals surface area contributed by atoms with Crippen molar-refractivity contribution in [2.45, 2.75) is 39.2 Å². The van der Waals surface area contributed by atoms with Gasteiger partial charge in [0.1, 0.15) is 0 Å². The van der Waals surface area contributed by atoms with Crippen LogP contribution in [0.2, 0.25) is 0 Å². The molecule has 1 amide bonds. The van der Waals surface area contributed by atoms with Crippen molar-refractivity contribution in [2.75, 3.05) is 19.6 Å². The van der Waals surface area contributed by atoms with Crippen LogP contribution in [0.3, 0.4) is 0 Å². The summed E-state index contributed by atoms with van der Waals surface area (Å²) in [5.74, 6) is 0.840. The molecule has 2 N–H and O–H groups in total. The van der Waals surface area contributed by atoms with Crippen molar-refractivity contribution in [1.82, 2.24) is 15.2 Å². The van der Waals surface area contributed by atoms with Crippen molar-refractivity contribution in [1.29, 1.82) is 0 Å². The highest BCUT2D eigenvalue weighted by molar-refractivity contribution is 5.89. The first-order valence-electron chi connectivity index (χ1n) is 10.8. The third kappa shape index (κ3) is 5.27. The number of carbonyl (C=O) groups excluding carboxylic acids is 1. The largest absolute Gasteiger partial charge is 0.361 e. The van der Waals surface area contributed by atoms with Crippen molar-refractivity contribution < 1.29 is 4.79 Å². The normalized spacial score (nSPS) is 15.6. The first kappa shape index (κ1) is 19.7. The molecule has 2 aromatic carbocycles. The molecule has 0 spiro atoms. The molecule has 2 heterocycles. The number of H-pyrrole nitrogens is 1.